The summed E-state index contributed by atoms with van der Waals surface area (Å²) in [6.07, 6.45) is 0. The fourth-order valence-corrected chi connectivity index (χ4v) is 3.11. The van der Waals surface area contributed by atoms with Crippen LogP contribution >= 0.6 is 0 Å². The minimum atomic E-state index is -0.989. The summed E-state index contributed by atoms with van der Waals surface area (Å²) in [7, 11) is 0. The third-order valence-electron chi connectivity index (χ3n) is 4.93. The molecule has 0 aliphatic heterocycles. The number of benzene rings is 4. The Labute approximate surface area is 194 Å². The molecule has 0 spiro atoms. The van der Waals surface area contributed by atoms with E-state index in [9.17, 15) is 19.5 Å². The minimum absolute atomic E-state index is 0.0449. The highest BCUT2D eigenvalue weighted by atomic mass is 16.5. The number of aromatic carboxylic acids is 1. The van der Waals surface area contributed by atoms with Crippen LogP contribution in [0.1, 0.15) is 31.1 Å². The van der Waals surface area contributed by atoms with Gasteiger partial charge in [0.1, 0.15) is 17.2 Å². The van der Waals surface area contributed by atoms with Gasteiger partial charge in [0.25, 0.3) is 0 Å². The number of hydrogen-bond acceptors (Lipinski definition) is 6. The number of carbonyl (C=O) groups is 3. The Morgan fingerprint density at radius 2 is 0.853 bits per heavy atom. The first-order valence-electron chi connectivity index (χ1n) is 10.2. The van der Waals surface area contributed by atoms with Gasteiger partial charge in [0.05, 0.1) is 16.7 Å². The summed E-state index contributed by atoms with van der Waals surface area (Å²) < 4.78 is 10.7. The number of hydrogen-bond donors (Lipinski definition) is 2. The predicted molar refractivity (Wildman–Crippen MR) is 123 cm³/mol. The Kier molecular flexibility index (Phi) is 6.36. The summed E-state index contributed by atoms with van der Waals surface area (Å²) in [4.78, 5) is 35.6. The molecule has 0 heterocycles. The molecular weight excluding hydrogens is 436 g/mol. The fourth-order valence-electron chi connectivity index (χ4n) is 3.11. The second-order valence-corrected chi connectivity index (χ2v) is 7.26. The molecule has 0 radical (unpaired) electrons. The van der Waals surface area contributed by atoms with Gasteiger partial charge in [-0.25, -0.2) is 14.4 Å². The molecule has 0 unspecified atom stereocenters. The average Bonchev–Trinajstić information content (AvgIpc) is 2.85. The lowest BCUT2D eigenvalue weighted by Crippen LogP contribution is -2.10. The zero-order chi connectivity index (χ0) is 24.1. The highest BCUT2D eigenvalue weighted by Gasteiger charge is 2.12. The number of carboxylic acid groups (broad SMARTS) is 1. The molecule has 7 nitrogen and oxygen atoms in total. The van der Waals surface area contributed by atoms with E-state index in [1.807, 2.05) is 0 Å². The standard InChI is InChI=1S/C27H18O7/c28-22-11-5-20(6-12-22)26(31)34-24-15-9-21(10-16-24)27(32)33-23-13-7-18(8-14-23)17-1-3-19(4-2-17)25(29)30/h1-16,28H,(H,29,30). The SMILES string of the molecule is O=C(O)c1ccc(-c2ccc(OC(=O)c3ccc(OC(=O)c4ccc(O)cc4)cc3)cc2)cc1. The Bertz CT molecular complexity index is 1320. The van der Waals surface area contributed by atoms with Crippen molar-refractivity contribution in [2.75, 3.05) is 0 Å². The van der Waals surface area contributed by atoms with E-state index >= 15 is 0 Å². The van der Waals surface area contributed by atoms with Crippen LogP contribution in [0.4, 0.5) is 0 Å². The molecule has 0 aromatic heterocycles. The second-order valence-electron chi connectivity index (χ2n) is 7.26. The van der Waals surface area contributed by atoms with E-state index < -0.39 is 17.9 Å². The Balaban J connectivity index is 1.37. The van der Waals surface area contributed by atoms with Crippen molar-refractivity contribution in [3.63, 3.8) is 0 Å². The summed E-state index contributed by atoms with van der Waals surface area (Å²) in [5.41, 5.74) is 2.44. The Hall–Kier alpha value is -4.91. The van der Waals surface area contributed by atoms with Crippen LogP contribution < -0.4 is 9.47 Å². The lowest BCUT2D eigenvalue weighted by Gasteiger charge is -2.08. The molecule has 0 saturated carbocycles. The molecule has 0 atom stereocenters. The van der Waals surface area contributed by atoms with Gasteiger partial charge >= 0.3 is 17.9 Å². The molecule has 0 aliphatic rings. The van der Waals surface area contributed by atoms with Crippen LogP contribution in [0.15, 0.2) is 97.1 Å². The first-order valence-corrected chi connectivity index (χ1v) is 10.2. The van der Waals surface area contributed by atoms with Crippen molar-refractivity contribution >= 4 is 17.9 Å². The van der Waals surface area contributed by atoms with Crippen molar-refractivity contribution < 1.29 is 34.1 Å². The van der Waals surface area contributed by atoms with Crippen molar-refractivity contribution in [3.05, 3.63) is 114 Å². The molecular formula is C27H18O7. The zero-order valence-corrected chi connectivity index (χ0v) is 17.7. The van der Waals surface area contributed by atoms with E-state index in [-0.39, 0.29) is 28.2 Å². The Morgan fingerprint density at radius 1 is 0.500 bits per heavy atom. The van der Waals surface area contributed by atoms with Gasteiger partial charge in [0.15, 0.2) is 0 Å². The minimum Gasteiger partial charge on any atom is -0.508 e. The fraction of sp³-hybridized carbons (Fsp3) is 0. The third-order valence-corrected chi connectivity index (χ3v) is 4.93. The third kappa shape index (κ3) is 5.28. The second kappa shape index (κ2) is 9.70. The van der Waals surface area contributed by atoms with E-state index in [1.165, 1.54) is 60.7 Å². The van der Waals surface area contributed by atoms with Crippen LogP contribution in [0.25, 0.3) is 11.1 Å². The molecule has 4 rings (SSSR count). The number of esters is 2. The number of aromatic hydroxyl groups is 1. The highest BCUT2D eigenvalue weighted by molar-refractivity contribution is 5.93. The number of phenolic OH excluding ortho intramolecular Hbond substituents is 1. The van der Waals surface area contributed by atoms with Crippen molar-refractivity contribution in [2.24, 2.45) is 0 Å². The zero-order valence-electron chi connectivity index (χ0n) is 17.7. The van der Waals surface area contributed by atoms with Gasteiger partial charge in [-0.1, -0.05) is 24.3 Å². The molecule has 0 fully saturated rings. The maximum absolute atomic E-state index is 12.4. The maximum Gasteiger partial charge on any atom is 0.343 e. The molecule has 0 saturated heterocycles. The monoisotopic (exact) mass is 454 g/mol. The highest BCUT2D eigenvalue weighted by Crippen LogP contribution is 2.24. The van der Waals surface area contributed by atoms with Crippen LogP contribution in [0.3, 0.4) is 0 Å². The van der Waals surface area contributed by atoms with Crippen molar-refractivity contribution in [3.8, 4) is 28.4 Å². The largest absolute Gasteiger partial charge is 0.508 e. The van der Waals surface area contributed by atoms with E-state index in [0.29, 0.717) is 5.75 Å². The number of carboxylic acids is 1. The smallest absolute Gasteiger partial charge is 0.343 e. The van der Waals surface area contributed by atoms with Crippen molar-refractivity contribution in [2.45, 2.75) is 0 Å². The van der Waals surface area contributed by atoms with E-state index in [1.54, 1.807) is 36.4 Å². The van der Waals surface area contributed by atoms with Crippen LogP contribution in [0.5, 0.6) is 17.2 Å². The molecule has 34 heavy (non-hydrogen) atoms. The molecule has 4 aromatic carbocycles. The molecule has 0 bridgehead atoms. The van der Waals surface area contributed by atoms with Crippen LogP contribution in [0, 0.1) is 0 Å². The topological polar surface area (TPSA) is 110 Å². The lowest BCUT2D eigenvalue weighted by atomic mass is 10.0. The molecule has 0 aliphatic carbocycles. The van der Waals surface area contributed by atoms with Crippen LogP contribution in [-0.4, -0.2) is 28.1 Å². The molecule has 7 heteroatoms. The summed E-state index contributed by atoms with van der Waals surface area (Å²) in [6, 6.07) is 24.9. The van der Waals surface area contributed by atoms with Gasteiger partial charge in [-0.3, -0.25) is 0 Å². The van der Waals surface area contributed by atoms with Gasteiger partial charge < -0.3 is 19.7 Å². The summed E-state index contributed by atoms with van der Waals surface area (Å²) in [5, 5.41) is 18.3. The predicted octanol–water partition coefficient (Wildman–Crippen LogP) is 5.20. The van der Waals surface area contributed by atoms with Crippen LogP contribution in [-0.2, 0) is 0 Å². The number of carbonyl (C=O) groups excluding carboxylic acids is 2. The van der Waals surface area contributed by atoms with Gasteiger partial charge in [-0.15, -0.1) is 0 Å². The number of rotatable bonds is 6. The first kappa shape index (κ1) is 22.3. The Morgan fingerprint density at radius 3 is 1.29 bits per heavy atom. The molecule has 168 valence electrons. The maximum atomic E-state index is 12.4. The molecule has 2 N–H and O–H groups in total. The first-order chi connectivity index (χ1) is 16.4. The number of phenols is 1. The van der Waals surface area contributed by atoms with Gasteiger partial charge in [-0.2, -0.15) is 0 Å². The van der Waals surface area contributed by atoms with Gasteiger partial charge in [0, 0.05) is 0 Å². The van der Waals surface area contributed by atoms with Crippen LogP contribution in [0.2, 0.25) is 0 Å². The van der Waals surface area contributed by atoms with E-state index in [0.717, 1.165) is 11.1 Å². The van der Waals surface area contributed by atoms with Gasteiger partial charge in [-0.05, 0) is 83.9 Å². The normalized spacial score (nSPS) is 10.4. The quantitative estimate of drug-likeness (QED) is 0.304. The lowest BCUT2D eigenvalue weighted by molar-refractivity contribution is 0.0692. The van der Waals surface area contributed by atoms with Gasteiger partial charge in [0.2, 0.25) is 0 Å². The van der Waals surface area contributed by atoms with E-state index in [4.69, 9.17) is 14.6 Å². The average molecular weight is 454 g/mol. The summed E-state index contributed by atoms with van der Waals surface area (Å²) in [6.45, 7) is 0. The summed E-state index contributed by atoms with van der Waals surface area (Å²) >= 11 is 0. The summed E-state index contributed by atoms with van der Waals surface area (Å²) in [5.74, 6) is -1.50. The van der Waals surface area contributed by atoms with Crippen molar-refractivity contribution in [1.29, 1.82) is 0 Å². The van der Waals surface area contributed by atoms with E-state index in [2.05, 4.69) is 0 Å². The molecule has 0 amide bonds. The van der Waals surface area contributed by atoms with Crippen molar-refractivity contribution in [1.82, 2.24) is 0 Å². The molecule has 4 aromatic rings. The number of ether oxygens (including phenoxy) is 2.